The number of hydrogen-bond donors (Lipinski definition) is 1. The van der Waals surface area contributed by atoms with Crippen LogP contribution in [-0.4, -0.2) is 16.6 Å². The van der Waals surface area contributed by atoms with Crippen molar-refractivity contribution in [2.45, 2.75) is 25.6 Å². The predicted molar refractivity (Wildman–Crippen MR) is 46.7 cm³/mol. The molecular weight excluding hydrogens is 270 g/mol. The molecule has 0 aromatic rings. The van der Waals surface area contributed by atoms with Crippen LogP contribution in [0.1, 0.15) is 13.3 Å². The summed E-state index contributed by atoms with van der Waals surface area (Å²) in [5.74, 6) is -1.35. The summed E-state index contributed by atoms with van der Waals surface area (Å²) in [5, 5.41) is 0. The van der Waals surface area contributed by atoms with Gasteiger partial charge in [0.1, 0.15) is 0 Å². The highest BCUT2D eigenvalue weighted by Crippen LogP contribution is 2.30. The van der Waals surface area contributed by atoms with E-state index in [1.165, 1.54) is 0 Å². The van der Waals surface area contributed by atoms with Crippen LogP contribution in [0.4, 0.5) is 13.2 Å². The monoisotopic (exact) mass is 281 g/mol. The van der Waals surface area contributed by atoms with Gasteiger partial charge in [-0.2, -0.15) is 13.2 Å². The first-order chi connectivity index (χ1) is 4.93. The smallest absolute Gasteiger partial charge is 0.327 e. The van der Waals surface area contributed by atoms with Crippen LogP contribution in [0.3, 0.4) is 0 Å². The Morgan fingerprint density at radius 1 is 1.45 bits per heavy atom. The molecule has 68 valence electrons. The minimum absolute atomic E-state index is 0.0380. The third-order valence-electron chi connectivity index (χ3n) is 1.57. The van der Waals surface area contributed by atoms with Crippen molar-refractivity contribution < 1.29 is 13.2 Å². The van der Waals surface area contributed by atoms with E-state index in [9.17, 15) is 13.2 Å². The highest BCUT2D eigenvalue weighted by Gasteiger charge is 2.41. The minimum atomic E-state index is -4.14. The molecule has 0 aromatic heterocycles. The van der Waals surface area contributed by atoms with Crippen molar-refractivity contribution >= 4 is 22.6 Å². The molecule has 0 spiro atoms. The average Bonchev–Trinajstić information content (AvgIpc) is 1.86. The summed E-state index contributed by atoms with van der Waals surface area (Å²) in [7, 11) is 0. The maximum Gasteiger partial charge on any atom is 0.394 e. The Balaban J connectivity index is 4.16. The van der Waals surface area contributed by atoms with Crippen LogP contribution in [-0.2, 0) is 0 Å². The molecular formula is C6H11F3IN. The Morgan fingerprint density at radius 3 is 2.00 bits per heavy atom. The van der Waals surface area contributed by atoms with E-state index in [-0.39, 0.29) is 4.43 Å². The molecule has 0 aliphatic rings. The first-order valence-electron chi connectivity index (χ1n) is 3.31. The molecule has 0 rings (SSSR count). The molecule has 1 nitrogen and oxygen atoms in total. The van der Waals surface area contributed by atoms with Gasteiger partial charge in [-0.3, -0.25) is 0 Å². The lowest BCUT2D eigenvalue weighted by Crippen LogP contribution is -2.40. The molecule has 2 unspecified atom stereocenters. The van der Waals surface area contributed by atoms with Gasteiger partial charge >= 0.3 is 6.18 Å². The molecule has 0 saturated carbocycles. The minimum Gasteiger partial charge on any atom is -0.327 e. The quantitative estimate of drug-likeness (QED) is 0.623. The van der Waals surface area contributed by atoms with Crippen molar-refractivity contribution in [3.8, 4) is 0 Å². The van der Waals surface area contributed by atoms with Gasteiger partial charge < -0.3 is 5.73 Å². The zero-order valence-corrected chi connectivity index (χ0v) is 8.32. The van der Waals surface area contributed by atoms with Crippen molar-refractivity contribution in [3.63, 3.8) is 0 Å². The van der Waals surface area contributed by atoms with Gasteiger partial charge in [0.05, 0.1) is 5.92 Å². The highest BCUT2D eigenvalue weighted by atomic mass is 127. The fraction of sp³-hybridized carbons (Fsp3) is 1.00. The van der Waals surface area contributed by atoms with Gasteiger partial charge in [0, 0.05) is 10.5 Å². The van der Waals surface area contributed by atoms with Crippen molar-refractivity contribution in [1.29, 1.82) is 0 Å². The highest BCUT2D eigenvalue weighted by molar-refractivity contribution is 14.1. The molecule has 5 heteroatoms. The van der Waals surface area contributed by atoms with E-state index >= 15 is 0 Å². The summed E-state index contributed by atoms with van der Waals surface area (Å²) in [5.41, 5.74) is 5.29. The molecule has 0 radical (unpaired) electrons. The first kappa shape index (κ1) is 11.5. The Morgan fingerprint density at radius 2 is 1.91 bits per heavy atom. The Hall–Kier alpha value is 0.480. The van der Waals surface area contributed by atoms with Crippen molar-refractivity contribution in [1.82, 2.24) is 0 Å². The van der Waals surface area contributed by atoms with Gasteiger partial charge in [-0.15, -0.1) is 0 Å². The van der Waals surface area contributed by atoms with E-state index in [0.717, 1.165) is 0 Å². The maximum absolute atomic E-state index is 12.1. The fourth-order valence-electron chi connectivity index (χ4n) is 0.729. The molecule has 0 amide bonds. The van der Waals surface area contributed by atoms with E-state index in [1.54, 1.807) is 29.5 Å². The van der Waals surface area contributed by atoms with Gasteiger partial charge in [-0.05, 0) is 6.42 Å². The lowest BCUT2D eigenvalue weighted by Gasteiger charge is -2.23. The van der Waals surface area contributed by atoms with Crippen LogP contribution in [0.25, 0.3) is 0 Å². The lowest BCUT2D eigenvalue weighted by atomic mass is 10.0. The number of alkyl halides is 4. The molecule has 0 heterocycles. The van der Waals surface area contributed by atoms with Crippen LogP contribution in [0, 0.1) is 5.92 Å². The van der Waals surface area contributed by atoms with Gasteiger partial charge in [-0.1, -0.05) is 29.5 Å². The van der Waals surface area contributed by atoms with Gasteiger partial charge in [0.15, 0.2) is 0 Å². The zero-order valence-electron chi connectivity index (χ0n) is 6.16. The Labute approximate surface area is 77.7 Å². The normalized spacial score (nSPS) is 18.0. The number of nitrogens with two attached hydrogens (primary N) is 1. The second-order valence-corrected chi connectivity index (χ2v) is 3.26. The van der Waals surface area contributed by atoms with Crippen LogP contribution in [0.5, 0.6) is 0 Å². The molecule has 11 heavy (non-hydrogen) atoms. The number of halogens is 4. The van der Waals surface area contributed by atoms with Crippen LogP contribution >= 0.6 is 22.6 Å². The fourth-order valence-corrected chi connectivity index (χ4v) is 1.88. The largest absolute Gasteiger partial charge is 0.394 e. The van der Waals surface area contributed by atoms with Crippen molar-refractivity contribution in [2.75, 3.05) is 4.43 Å². The third-order valence-corrected chi connectivity index (χ3v) is 2.52. The van der Waals surface area contributed by atoms with E-state index in [0.29, 0.717) is 6.42 Å². The molecule has 0 saturated heterocycles. The maximum atomic E-state index is 12.1. The predicted octanol–water partition coefficient (Wildman–Crippen LogP) is 2.34. The standard InChI is InChI=1S/C6H11F3IN/c1-2-5(11)4(3-10)6(7,8)9/h4-5H,2-3,11H2,1H3. The lowest BCUT2D eigenvalue weighted by molar-refractivity contribution is -0.172. The van der Waals surface area contributed by atoms with Crippen molar-refractivity contribution in [2.24, 2.45) is 11.7 Å². The third kappa shape index (κ3) is 3.59. The first-order valence-corrected chi connectivity index (χ1v) is 4.84. The number of rotatable bonds is 3. The molecule has 0 fully saturated rings. The molecule has 0 bridgehead atoms. The summed E-state index contributed by atoms with van der Waals surface area (Å²) in [6.45, 7) is 1.66. The van der Waals surface area contributed by atoms with E-state index in [4.69, 9.17) is 5.73 Å². The van der Waals surface area contributed by atoms with E-state index < -0.39 is 18.1 Å². The summed E-state index contributed by atoms with van der Waals surface area (Å²) < 4.78 is 36.3. The summed E-state index contributed by atoms with van der Waals surface area (Å²) in [6.07, 6.45) is -3.77. The van der Waals surface area contributed by atoms with Gasteiger partial charge in [-0.25, -0.2) is 0 Å². The van der Waals surface area contributed by atoms with Gasteiger partial charge in [0.25, 0.3) is 0 Å². The van der Waals surface area contributed by atoms with Crippen LogP contribution in [0.2, 0.25) is 0 Å². The molecule has 0 aromatic carbocycles. The zero-order chi connectivity index (χ0) is 9.07. The molecule has 2 N–H and O–H groups in total. The second kappa shape index (κ2) is 4.49. The van der Waals surface area contributed by atoms with Crippen molar-refractivity contribution in [3.05, 3.63) is 0 Å². The average molecular weight is 281 g/mol. The van der Waals surface area contributed by atoms with Gasteiger partial charge in [0.2, 0.25) is 0 Å². The summed E-state index contributed by atoms with van der Waals surface area (Å²) in [6, 6.07) is -0.758. The summed E-state index contributed by atoms with van der Waals surface area (Å²) in [4.78, 5) is 0. The van der Waals surface area contributed by atoms with E-state index in [2.05, 4.69) is 0 Å². The number of hydrogen-bond acceptors (Lipinski definition) is 1. The molecule has 2 atom stereocenters. The molecule has 0 aliphatic carbocycles. The van der Waals surface area contributed by atoms with Crippen LogP contribution in [0.15, 0.2) is 0 Å². The van der Waals surface area contributed by atoms with E-state index in [1.807, 2.05) is 0 Å². The molecule has 0 aliphatic heterocycles. The van der Waals surface area contributed by atoms with Crippen LogP contribution < -0.4 is 5.73 Å². The summed E-state index contributed by atoms with van der Waals surface area (Å²) >= 11 is 1.71. The topological polar surface area (TPSA) is 26.0 Å². The Bertz CT molecular complexity index is 115. The second-order valence-electron chi connectivity index (χ2n) is 2.37. The SMILES string of the molecule is CCC(N)C(CI)C(F)(F)F. The Kier molecular flexibility index (Phi) is 4.69.